The number of anilines is 1. The van der Waals surface area contributed by atoms with Crippen LogP contribution in [0.25, 0.3) is 0 Å². The lowest BCUT2D eigenvalue weighted by atomic mass is 10.0. The molecule has 4 heteroatoms. The van der Waals surface area contributed by atoms with Crippen molar-refractivity contribution in [1.82, 2.24) is 5.32 Å². The van der Waals surface area contributed by atoms with Gasteiger partial charge in [0.15, 0.2) is 0 Å². The van der Waals surface area contributed by atoms with Gasteiger partial charge in [0.05, 0.1) is 0 Å². The lowest BCUT2D eigenvalue weighted by Gasteiger charge is -2.22. The third-order valence-corrected chi connectivity index (χ3v) is 3.70. The summed E-state index contributed by atoms with van der Waals surface area (Å²) >= 11 is 0. The Morgan fingerprint density at radius 1 is 1.35 bits per heavy atom. The molecule has 4 nitrogen and oxygen atoms in total. The van der Waals surface area contributed by atoms with Crippen LogP contribution in [0.15, 0.2) is 24.3 Å². The molecule has 0 aliphatic carbocycles. The van der Waals surface area contributed by atoms with E-state index in [0.717, 1.165) is 38.3 Å². The van der Waals surface area contributed by atoms with E-state index in [2.05, 4.69) is 30.5 Å². The Kier molecular flexibility index (Phi) is 5.41. The van der Waals surface area contributed by atoms with Gasteiger partial charge in [0, 0.05) is 25.4 Å². The summed E-state index contributed by atoms with van der Waals surface area (Å²) in [6.07, 6.45) is 2.06. The van der Waals surface area contributed by atoms with Gasteiger partial charge in [0.1, 0.15) is 0 Å². The number of nitrogens with one attached hydrogen (secondary N) is 2. The first-order chi connectivity index (χ1) is 9.65. The van der Waals surface area contributed by atoms with Crippen molar-refractivity contribution in [3.63, 3.8) is 0 Å². The van der Waals surface area contributed by atoms with Crippen LogP contribution in [-0.2, 0) is 4.74 Å². The molecule has 0 aromatic heterocycles. The topological polar surface area (TPSA) is 50.4 Å². The van der Waals surface area contributed by atoms with Crippen molar-refractivity contribution < 1.29 is 9.53 Å². The van der Waals surface area contributed by atoms with Crippen molar-refractivity contribution in [3.8, 4) is 0 Å². The monoisotopic (exact) mass is 276 g/mol. The largest absolute Gasteiger partial charge is 0.381 e. The van der Waals surface area contributed by atoms with Gasteiger partial charge in [-0.25, -0.2) is 4.79 Å². The molecule has 0 bridgehead atoms. The predicted molar refractivity (Wildman–Crippen MR) is 81.1 cm³/mol. The zero-order chi connectivity index (χ0) is 14.4. The van der Waals surface area contributed by atoms with E-state index >= 15 is 0 Å². The van der Waals surface area contributed by atoms with E-state index in [1.807, 2.05) is 18.2 Å². The molecule has 20 heavy (non-hydrogen) atoms. The molecule has 1 saturated heterocycles. The van der Waals surface area contributed by atoms with Crippen LogP contribution in [0.2, 0.25) is 0 Å². The van der Waals surface area contributed by atoms with Gasteiger partial charge in [-0.05, 0) is 42.4 Å². The van der Waals surface area contributed by atoms with Crippen LogP contribution in [0.5, 0.6) is 0 Å². The number of hydrogen-bond donors (Lipinski definition) is 2. The van der Waals surface area contributed by atoms with E-state index in [9.17, 15) is 4.79 Å². The Balaban J connectivity index is 1.80. The number of amides is 2. The maximum Gasteiger partial charge on any atom is 0.319 e. The molecule has 2 rings (SSSR count). The summed E-state index contributed by atoms with van der Waals surface area (Å²) in [7, 11) is 0. The lowest BCUT2D eigenvalue weighted by Crippen LogP contribution is -2.35. The number of carbonyl (C=O) groups excluding carboxylic acids is 1. The van der Waals surface area contributed by atoms with Crippen LogP contribution in [0.4, 0.5) is 10.5 Å². The van der Waals surface area contributed by atoms with Crippen LogP contribution in [0.3, 0.4) is 0 Å². The Hall–Kier alpha value is -1.55. The normalized spacial score (nSPS) is 16.1. The standard InChI is InChI=1S/C16H24N2O2/c1-12(2)14-4-3-5-15(10-14)18-16(19)17-11-13-6-8-20-9-7-13/h3-5,10,12-13H,6-9,11H2,1-2H3,(H2,17,18,19). The van der Waals surface area contributed by atoms with Crippen LogP contribution in [0, 0.1) is 5.92 Å². The van der Waals surface area contributed by atoms with Gasteiger partial charge in [0.25, 0.3) is 0 Å². The van der Waals surface area contributed by atoms with Crippen molar-refractivity contribution in [2.45, 2.75) is 32.6 Å². The SMILES string of the molecule is CC(C)c1cccc(NC(=O)NCC2CCOCC2)c1. The minimum atomic E-state index is -0.127. The van der Waals surface area contributed by atoms with E-state index in [4.69, 9.17) is 4.74 Å². The molecule has 0 radical (unpaired) electrons. The number of urea groups is 1. The van der Waals surface area contributed by atoms with Gasteiger partial charge in [-0.15, -0.1) is 0 Å². The summed E-state index contributed by atoms with van der Waals surface area (Å²) < 4.78 is 5.31. The fourth-order valence-corrected chi connectivity index (χ4v) is 2.34. The average molecular weight is 276 g/mol. The average Bonchev–Trinajstić information content (AvgIpc) is 2.46. The van der Waals surface area contributed by atoms with Gasteiger partial charge in [-0.1, -0.05) is 26.0 Å². The first-order valence-corrected chi connectivity index (χ1v) is 7.37. The molecule has 0 atom stereocenters. The zero-order valence-electron chi connectivity index (χ0n) is 12.3. The molecule has 110 valence electrons. The lowest BCUT2D eigenvalue weighted by molar-refractivity contribution is 0.0671. The molecule has 1 aliphatic rings. The van der Waals surface area contributed by atoms with Crippen molar-refractivity contribution in [2.75, 3.05) is 25.1 Å². The molecule has 1 heterocycles. The molecule has 1 aromatic carbocycles. The molecule has 2 N–H and O–H groups in total. The molecular weight excluding hydrogens is 252 g/mol. The predicted octanol–water partition coefficient (Wildman–Crippen LogP) is 3.36. The highest BCUT2D eigenvalue weighted by Gasteiger charge is 2.14. The third kappa shape index (κ3) is 4.53. The highest BCUT2D eigenvalue weighted by Crippen LogP contribution is 2.18. The highest BCUT2D eigenvalue weighted by molar-refractivity contribution is 5.89. The minimum absolute atomic E-state index is 0.127. The molecule has 1 fully saturated rings. The summed E-state index contributed by atoms with van der Waals surface area (Å²) in [6, 6.07) is 7.87. The number of benzene rings is 1. The first kappa shape index (κ1) is 14.9. The molecule has 0 spiro atoms. The molecule has 1 aromatic rings. The first-order valence-electron chi connectivity index (χ1n) is 7.37. The Bertz CT molecular complexity index is 440. The fraction of sp³-hybridized carbons (Fsp3) is 0.562. The Morgan fingerprint density at radius 2 is 2.10 bits per heavy atom. The number of hydrogen-bond acceptors (Lipinski definition) is 2. The summed E-state index contributed by atoms with van der Waals surface area (Å²) in [5.74, 6) is 0.999. The summed E-state index contributed by atoms with van der Waals surface area (Å²) in [6.45, 7) is 6.63. The number of carbonyl (C=O) groups is 1. The second kappa shape index (κ2) is 7.29. The van der Waals surface area contributed by atoms with Gasteiger partial charge >= 0.3 is 6.03 Å². The van der Waals surface area contributed by atoms with E-state index in [1.165, 1.54) is 5.56 Å². The van der Waals surface area contributed by atoms with Gasteiger partial charge in [-0.3, -0.25) is 0 Å². The van der Waals surface area contributed by atoms with Gasteiger partial charge in [-0.2, -0.15) is 0 Å². The second-order valence-corrected chi connectivity index (χ2v) is 5.67. The van der Waals surface area contributed by atoms with Crippen molar-refractivity contribution >= 4 is 11.7 Å². The highest BCUT2D eigenvalue weighted by atomic mass is 16.5. The molecular formula is C16H24N2O2. The van der Waals surface area contributed by atoms with E-state index in [1.54, 1.807) is 0 Å². The fourth-order valence-electron chi connectivity index (χ4n) is 2.34. The van der Waals surface area contributed by atoms with Crippen molar-refractivity contribution in [2.24, 2.45) is 5.92 Å². The number of ether oxygens (including phenoxy) is 1. The molecule has 2 amide bonds. The summed E-state index contributed by atoms with van der Waals surface area (Å²) in [4.78, 5) is 11.9. The van der Waals surface area contributed by atoms with Gasteiger partial charge in [0.2, 0.25) is 0 Å². The molecule has 0 unspecified atom stereocenters. The van der Waals surface area contributed by atoms with Crippen LogP contribution in [-0.4, -0.2) is 25.8 Å². The smallest absolute Gasteiger partial charge is 0.319 e. The van der Waals surface area contributed by atoms with Crippen molar-refractivity contribution in [1.29, 1.82) is 0 Å². The maximum absolute atomic E-state index is 11.9. The third-order valence-electron chi connectivity index (χ3n) is 3.70. The van der Waals surface area contributed by atoms with Crippen LogP contribution in [0.1, 0.15) is 38.2 Å². The van der Waals surface area contributed by atoms with Crippen LogP contribution >= 0.6 is 0 Å². The maximum atomic E-state index is 11.9. The van der Waals surface area contributed by atoms with E-state index in [-0.39, 0.29) is 6.03 Å². The van der Waals surface area contributed by atoms with Gasteiger partial charge < -0.3 is 15.4 Å². The van der Waals surface area contributed by atoms with Crippen molar-refractivity contribution in [3.05, 3.63) is 29.8 Å². The molecule has 0 saturated carbocycles. The Labute approximate surface area is 120 Å². The second-order valence-electron chi connectivity index (χ2n) is 5.67. The quantitative estimate of drug-likeness (QED) is 0.886. The summed E-state index contributed by atoms with van der Waals surface area (Å²) in [5.41, 5.74) is 2.08. The van der Waals surface area contributed by atoms with Crippen LogP contribution < -0.4 is 10.6 Å². The molecule has 1 aliphatic heterocycles. The number of rotatable bonds is 4. The van der Waals surface area contributed by atoms with E-state index in [0.29, 0.717) is 11.8 Å². The summed E-state index contributed by atoms with van der Waals surface area (Å²) in [5, 5.41) is 5.84. The zero-order valence-corrected chi connectivity index (χ0v) is 12.3. The Morgan fingerprint density at radius 3 is 2.80 bits per heavy atom. The minimum Gasteiger partial charge on any atom is -0.381 e. The van der Waals surface area contributed by atoms with E-state index < -0.39 is 0 Å².